The predicted molar refractivity (Wildman–Crippen MR) is 76.3 cm³/mol. The van der Waals surface area contributed by atoms with Crippen LogP contribution in [0.2, 0.25) is 5.02 Å². The first kappa shape index (κ1) is 14.5. The number of hydrogen-bond donors (Lipinski definition) is 1. The summed E-state index contributed by atoms with van der Waals surface area (Å²) in [6.07, 6.45) is 5.16. The molecule has 1 saturated carbocycles. The minimum atomic E-state index is -0.319. The van der Waals surface area contributed by atoms with Crippen LogP contribution in [0, 0.1) is 5.41 Å². The number of aromatic nitrogens is 2. The van der Waals surface area contributed by atoms with Crippen LogP contribution in [0.3, 0.4) is 0 Å². The summed E-state index contributed by atoms with van der Waals surface area (Å²) < 4.78 is 1.73. The monoisotopic (exact) mass is 283 g/mol. The van der Waals surface area contributed by atoms with Crippen molar-refractivity contribution in [2.24, 2.45) is 18.2 Å². The van der Waals surface area contributed by atoms with E-state index in [1.54, 1.807) is 4.68 Å². The third-order valence-corrected chi connectivity index (χ3v) is 4.81. The predicted octanol–water partition coefficient (Wildman–Crippen LogP) is 2.27. The Labute approximate surface area is 119 Å². The Morgan fingerprint density at radius 3 is 2.58 bits per heavy atom. The van der Waals surface area contributed by atoms with Crippen LogP contribution >= 0.6 is 11.6 Å². The van der Waals surface area contributed by atoms with E-state index >= 15 is 0 Å². The van der Waals surface area contributed by atoms with E-state index in [9.17, 15) is 4.79 Å². The molecule has 0 spiro atoms. The van der Waals surface area contributed by atoms with E-state index in [0.29, 0.717) is 18.0 Å². The second kappa shape index (κ2) is 5.63. The molecule has 5 heteroatoms. The summed E-state index contributed by atoms with van der Waals surface area (Å²) in [7, 11) is 1.84. The van der Waals surface area contributed by atoms with Crippen LogP contribution in [0.1, 0.15) is 44.0 Å². The number of aryl methyl sites for hydroxylation is 2. The highest BCUT2D eigenvalue weighted by Gasteiger charge is 2.39. The molecule has 4 nitrogen and oxygen atoms in total. The number of hydrogen-bond acceptors (Lipinski definition) is 3. The van der Waals surface area contributed by atoms with Gasteiger partial charge in [0.1, 0.15) is 5.78 Å². The number of nitrogens with two attached hydrogens (primary N) is 1. The first-order valence-electron chi connectivity index (χ1n) is 6.97. The average molecular weight is 284 g/mol. The van der Waals surface area contributed by atoms with Crippen molar-refractivity contribution in [2.45, 2.75) is 45.4 Å². The molecule has 0 saturated heterocycles. The molecule has 1 aromatic heterocycles. The Morgan fingerprint density at radius 1 is 1.47 bits per heavy atom. The van der Waals surface area contributed by atoms with Gasteiger partial charge >= 0.3 is 0 Å². The van der Waals surface area contributed by atoms with E-state index in [1.165, 1.54) is 0 Å². The minimum Gasteiger partial charge on any atom is -0.329 e. The van der Waals surface area contributed by atoms with Crippen molar-refractivity contribution in [1.82, 2.24) is 9.78 Å². The number of ketones is 1. The fourth-order valence-electron chi connectivity index (χ4n) is 3.00. The minimum absolute atomic E-state index is 0.222. The third kappa shape index (κ3) is 2.56. The van der Waals surface area contributed by atoms with E-state index in [0.717, 1.165) is 43.5 Å². The topological polar surface area (TPSA) is 60.9 Å². The van der Waals surface area contributed by atoms with Gasteiger partial charge in [-0.25, -0.2) is 0 Å². The molecule has 1 heterocycles. The normalized spacial score (nSPS) is 17.9. The van der Waals surface area contributed by atoms with Gasteiger partial charge in [0.15, 0.2) is 0 Å². The molecule has 19 heavy (non-hydrogen) atoms. The van der Waals surface area contributed by atoms with Crippen molar-refractivity contribution >= 4 is 17.4 Å². The lowest BCUT2D eigenvalue weighted by atomic mass is 9.80. The van der Waals surface area contributed by atoms with Gasteiger partial charge in [-0.15, -0.1) is 0 Å². The van der Waals surface area contributed by atoms with Gasteiger partial charge < -0.3 is 5.73 Å². The molecule has 0 unspecified atom stereocenters. The van der Waals surface area contributed by atoms with Crippen molar-refractivity contribution < 1.29 is 4.79 Å². The maximum absolute atomic E-state index is 12.6. The third-order valence-electron chi connectivity index (χ3n) is 4.37. The molecule has 1 aliphatic rings. The number of carbonyl (C=O) groups is 1. The Morgan fingerprint density at radius 2 is 2.11 bits per heavy atom. The maximum atomic E-state index is 12.6. The molecule has 1 aliphatic carbocycles. The number of halogens is 1. The van der Waals surface area contributed by atoms with E-state index in [1.807, 2.05) is 14.0 Å². The molecule has 2 rings (SSSR count). The largest absolute Gasteiger partial charge is 0.329 e. The highest BCUT2D eigenvalue weighted by Crippen LogP contribution is 2.39. The Hall–Kier alpha value is -0.870. The molecule has 106 valence electrons. The van der Waals surface area contributed by atoms with Crippen LogP contribution in [0.25, 0.3) is 0 Å². The zero-order valence-corrected chi connectivity index (χ0v) is 12.5. The first-order chi connectivity index (χ1) is 9.04. The molecule has 2 N–H and O–H groups in total. The fourth-order valence-corrected chi connectivity index (χ4v) is 3.36. The van der Waals surface area contributed by atoms with Gasteiger partial charge in [-0.05, 0) is 19.3 Å². The van der Waals surface area contributed by atoms with Crippen molar-refractivity contribution in [3.05, 3.63) is 16.4 Å². The lowest BCUT2D eigenvalue weighted by Crippen LogP contribution is -2.37. The second-order valence-corrected chi connectivity index (χ2v) is 5.85. The summed E-state index contributed by atoms with van der Waals surface area (Å²) in [5, 5.41) is 5.00. The number of nitrogens with zero attached hydrogens (tertiary/aromatic N) is 2. The quantitative estimate of drug-likeness (QED) is 0.902. The van der Waals surface area contributed by atoms with Crippen LogP contribution < -0.4 is 5.73 Å². The van der Waals surface area contributed by atoms with Crippen molar-refractivity contribution in [2.75, 3.05) is 6.54 Å². The van der Waals surface area contributed by atoms with Crippen LogP contribution in [0.15, 0.2) is 0 Å². The van der Waals surface area contributed by atoms with Crippen LogP contribution in [0.4, 0.5) is 0 Å². The van der Waals surface area contributed by atoms with E-state index in [2.05, 4.69) is 5.10 Å². The second-order valence-electron chi connectivity index (χ2n) is 5.48. The van der Waals surface area contributed by atoms with Gasteiger partial charge in [0.05, 0.1) is 22.8 Å². The van der Waals surface area contributed by atoms with Crippen LogP contribution in [-0.4, -0.2) is 22.1 Å². The molecule has 1 fully saturated rings. The van der Waals surface area contributed by atoms with Gasteiger partial charge in [0.25, 0.3) is 0 Å². The molecule has 0 amide bonds. The standard InChI is InChI=1S/C14H22ClN3O/c1-3-10-13(15)11(18(2)17-10)8-12(19)14(9-16)6-4-5-7-14/h3-9,16H2,1-2H3. The molecule has 1 aromatic rings. The summed E-state index contributed by atoms with van der Waals surface area (Å²) >= 11 is 6.30. The van der Waals surface area contributed by atoms with Crippen LogP contribution in [0.5, 0.6) is 0 Å². The van der Waals surface area contributed by atoms with Gasteiger partial charge in [-0.2, -0.15) is 5.10 Å². The molecule has 0 bridgehead atoms. The summed E-state index contributed by atoms with van der Waals surface area (Å²) in [5.41, 5.74) is 7.22. The zero-order valence-electron chi connectivity index (χ0n) is 11.7. The SMILES string of the molecule is CCc1nn(C)c(CC(=O)C2(CN)CCCC2)c1Cl. The molecule has 0 radical (unpaired) electrons. The van der Waals surface area contributed by atoms with Gasteiger partial charge in [0.2, 0.25) is 0 Å². The summed E-state index contributed by atoms with van der Waals surface area (Å²) in [4.78, 5) is 12.6. The Bertz CT molecular complexity index is 475. The lowest BCUT2D eigenvalue weighted by molar-refractivity contribution is -0.127. The molecule has 0 atom stereocenters. The van der Waals surface area contributed by atoms with E-state index in [-0.39, 0.29) is 11.2 Å². The fraction of sp³-hybridized carbons (Fsp3) is 0.714. The van der Waals surface area contributed by atoms with E-state index < -0.39 is 0 Å². The average Bonchev–Trinajstić information content (AvgIpc) is 2.99. The maximum Gasteiger partial charge on any atom is 0.146 e. The molecule has 0 aliphatic heterocycles. The molecular weight excluding hydrogens is 262 g/mol. The first-order valence-corrected chi connectivity index (χ1v) is 7.35. The van der Waals surface area contributed by atoms with E-state index in [4.69, 9.17) is 17.3 Å². The van der Waals surface area contributed by atoms with Crippen molar-refractivity contribution in [1.29, 1.82) is 0 Å². The van der Waals surface area contributed by atoms with Crippen LogP contribution in [-0.2, 0) is 24.7 Å². The highest BCUT2D eigenvalue weighted by molar-refractivity contribution is 6.32. The van der Waals surface area contributed by atoms with Crippen molar-refractivity contribution in [3.8, 4) is 0 Å². The highest BCUT2D eigenvalue weighted by atomic mass is 35.5. The summed E-state index contributed by atoms with van der Waals surface area (Å²) in [6, 6.07) is 0. The zero-order chi connectivity index (χ0) is 14.0. The number of rotatable bonds is 5. The van der Waals surface area contributed by atoms with Gasteiger partial charge in [-0.3, -0.25) is 9.48 Å². The van der Waals surface area contributed by atoms with Crippen molar-refractivity contribution in [3.63, 3.8) is 0 Å². The number of Topliss-reactive ketones (excluding diaryl/α,β-unsaturated/α-hetero) is 1. The molecular formula is C14H22ClN3O. The van der Waals surface area contributed by atoms with Gasteiger partial charge in [0, 0.05) is 19.0 Å². The summed E-state index contributed by atoms with van der Waals surface area (Å²) in [6.45, 7) is 2.46. The van der Waals surface area contributed by atoms with Gasteiger partial charge in [-0.1, -0.05) is 31.4 Å². The Balaban J connectivity index is 2.21. The summed E-state index contributed by atoms with van der Waals surface area (Å²) in [5.74, 6) is 0.222. The Kier molecular flexibility index (Phi) is 4.31. The lowest BCUT2D eigenvalue weighted by Gasteiger charge is -2.25. The number of carbonyl (C=O) groups excluding carboxylic acids is 1. The molecule has 0 aromatic carbocycles. The smallest absolute Gasteiger partial charge is 0.146 e.